The number of benzene rings is 1. The van der Waals surface area contributed by atoms with Crippen molar-refractivity contribution in [1.82, 2.24) is 9.78 Å². The van der Waals surface area contributed by atoms with Crippen molar-refractivity contribution in [3.05, 3.63) is 74.0 Å². The molecule has 7 heteroatoms. The highest BCUT2D eigenvalue weighted by atomic mass is 32.1. The smallest absolute Gasteiger partial charge is 0.280 e. The third-order valence-electron chi connectivity index (χ3n) is 4.80. The predicted octanol–water partition coefficient (Wildman–Crippen LogP) is 3.61. The van der Waals surface area contributed by atoms with Gasteiger partial charge in [-0.05, 0) is 55.9 Å². The number of hydrogen-bond donors (Lipinski definition) is 1. The summed E-state index contributed by atoms with van der Waals surface area (Å²) in [5.74, 6) is -0.595. The monoisotopic (exact) mass is 390 g/mol. The van der Waals surface area contributed by atoms with Crippen molar-refractivity contribution in [2.45, 2.75) is 32.6 Å². The lowest BCUT2D eigenvalue weighted by atomic mass is 9.96. The molecule has 1 aliphatic rings. The second-order valence-corrected chi connectivity index (χ2v) is 7.90. The number of rotatable bonds is 3. The molecule has 1 aromatic carbocycles. The minimum absolute atomic E-state index is 0.195. The second kappa shape index (κ2) is 7.41. The highest BCUT2D eigenvalue weighted by Crippen LogP contribution is 2.37. The molecule has 0 bridgehead atoms. The maximum Gasteiger partial charge on any atom is 0.280 e. The molecule has 3 aromatic rings. The molecule has 1 N–H and O–H groups in total. The van der Waals surface area contributed by atoms with Crippen LogP contribution in [0.25, 0.3) is 5.69 Å². The molecule has 0 aliphatic heterocycles. The zero-order valence-corrected chi connectivity index (χ0v) is 16.2. The normalized spacial score (nSPS) is 12.9. The number of nitrogens with zero attached hydrogens (tertiary/aromatic N) is 3. The summed E-state index contributed by atoms with van der Waals surface area (Å²) in [6.07, 6.45) is 5.46. The van der Waals surface area contributed by atoms with Crippen LogP contribution in [0.3, 0.4) is 0 Å². The van der Waals surface area contributed by atoms with Crippen molar-refractivity contribution in [2.75, 3.05) is 5.32 Å². The van der Waals surface area contributed by atoms with E-state index in [-0.39, 0.29) is 5.69 Å². The number of nitrogens with one attached hydrogen (secondary N) is 1. The minimum Gasteiger partial charge on any atom is -0.311 e. The zero-order chi connectivity index (χ0) is 19.7. The molecule has 0 unspecified atom stereocenters. The first kappa shape index (κ1) is 18.1. The molecule has 1 amide bonds. The van der Waals surface area contributed by atoms with Crippen LogP contribution >= 0.6 is 11.3 Å². The van der Waals surface area contributed by atoms with E-state index in [9.17, 15) is 14.9 Å². The zero-order valence-electron chi connectivity index (χ0n) is 15.4. The molecule has 28 heavy (non-hydrogen) atoms. The van der Waals surface area contributed by atoms with Gasteiger partial charge in [0.1, 0.15) is 11.1 Å². The highest BCUT2D eigenvalue weighted by Gasteiger charge is 2.23. The summed E-state index contributed by atoms with van der Waals surface area (Å²) in [5.41, 5.74) is 2.71. The lowest BCUT2D eigenvalue weighted by Crippen LogP contribution is -2.25. The maximum atomic E-state index is 12.8. The van der Waals surface area contributed by atoms with Crippen LogP contribution in [-0.4, -0.2) is 15.7 Å². The van der Waals surface area contributed by atoms with E-state index in [0.717, 1.165) is 47.4 Å². The number of aromatic nitrogens is 2. The van der Waals surface area contributed by atoms with Crippen molar-refractivity contribution in [1.29, 1.82) is 5.26 Å². The molecule has 4 rings (SSSR count). The van der Waals surface area contributed by atoms with Gasteiger partial charge in [0.2, 0.25) is 5.43 Å². The van der Waals surface area contributed by atoms with E-state index in [0.29, 0.717) is 10.6 Å². The molecule has 1 aliphatic carbocycles. The molecule has 0 spiro atoms. The van der Waals surface area contributed by atoms with Gasteiger partial charge in [-0.25, -0.2) is 4.68 Å². The lowest BCUT2D eigenvalue weighted by molar-refractivity contribution is 0.102. The highest BCUT2D eigenvalue weighted by molar-refractivity contribution is 7.16. The van der Waals surface area contributed by atoms with E-state index in [4.69, 9.17) is 0 Å². The van der Waals surface area contributed by atoms with Crippen LogP contribution in [0.15, 0.2) is 41.3 Å². The fourth-order valence-electron chi connectivity index (χ4n) is 3.41. The van der Waals surface area contributed by atoms with Crippen LogP contribution in [0.5, 0.6) is 0 Å². The number of fused-ring (bicyclic) bond motifs is 1. The van der Waals surface area contributed by atoms with E-state index in [2.05, 4.69) is 16.5 Å². The van der Waals surface area contributed by atoms with Crippen LogP contribution in [0, 0.1) is 18.3 Å². The fourth-order valence-corrected chi connectivity index (χ4v) is 4.65. The van der Waals surface area contributed by atoms with E-state index in [1.807, 2.05) is 31.2 Å². The molecule has 2 aromatic heterocycles. The number of thiophene rings is 1. The molecule has 0 radical (unpaired) electrons. The minimum atomic E-state index is -0.595. The predicted molar refractivity (Wildman–Crippen MR) is 108 cm³/mol. The van der Waals surface area contributed by atoms with Gasteiger partial charge in [0.15, 0.2) is 5.69 Å². The Balaban J connectivity index is 1.68. The summed E-state index contributed by atoms with van der Waals surface area (Å²) in [6.45, 7) is 1.96. The Kier molecular flexibility index (Phi) is 4.80. The van der Waals surface area contributed by atoms with Crippen molar-refractivity contribution in [3.8, 4) is 11.8 Å². The third-order valence-corrected chi connectivity index (χ3v) is 6.01. The fraction of sp³-hybridized carbons (Fsp3) is 0.238. The summed E-state index contributed by atoms with van der Waals surface area (Å²) < 4.78 is 1.51. The van der Waals surface area contributed by atoms with Crippen LogP contribution in [0.4, 0.5) is 5.00 Å². The Labute approximate surface area is 166 Å². The van der Waals surface area contributed by atoms with Crippen molar-refractivity contribution < 1.29 is 4.79 Å². The van der Waals surface area contributed by atoms with Crippen molar-refractivity contribution in [2.24, 2.45) is 0 Å². The molecule has 0 atom stereocenters. The van der Waals surface area contributed by atoms with E-state index in [1.54, 1.807) is 6.20 Å². The molecular weight excluding hydrogens is 372 g/mol. The SMILES string of the molecule is Cc1cccc(-n2ccc(=O)c(C(=O)Nc3sc4c(c3C#N)CCCC4)n2)c1. The first-order chi connectivity index (χ1) is 13.6. The van der Waals surface area contributed by atoms with E-state index < -0.39 is 11.3 Å². The summed E-state index contributed by atoms with van der Waals surface area (Å²) in [6, 6.07) is 11.2. The molecule has 6 nitrogen and oxygen atoms in total. The van der Waals surface area contributed by atoms with Gasteiger partial charge < -0.3 is 5.32 Å². The Morgan fingerprint density at radius 1 is 1.29 bits per heavy atom. The van der Waals surface area contributed by atoms with Gasteiger partial charge in [0.05, 0.1) is 11.3 Å². The first-order valence-corrected chi connectivity index (χ1v) is 9.91. The maximum absolute atomic E-state index is 12.8. The average molecular weight is 390 g/mol. The Morgan fingerprint density at radius 3 is 2.89 bits per heavy atom. The number of anilines is 1. The summed E-state index contributed by atoms with van der Waals surface area (Å²) >= 11 is 1.43. The van der Waals surface area contributed by atoms with Gasteiger partial charge in [0.25, 0.3) is 5.91 Å². The number of nitriles is 1. The summed E-state index contributed by atoms with van der Waals surface area (Å²) in [4.78, 5) is 26.2. The molecule has 2 heterocycles. The third kappa shape index (κ3) is 3.35. The second-order valence-electron chi connectivity index (χ2n) is 6.79. The molecular formula is C21H18N4O2S. The number of aryl methyl sites for hydroxylation is 2. The topological polar surface area (TPSA) is 87.8 Å². The van der Waals surface area contributed by atoms with Gasteiger partial charge in [-0.15, -0.1) is 11.3 Å². The Hall–Kier alpha value is -3.24. The van der Waals surface area contributed by atoms with Crippen molar-refractivity contribution in [3.63, 3.8) is 0 Å². The van der Waals surface area contributed by atoms with Gasteiger partial charge >= 0.3 is 0 Å². The molecule has 140 valence electrons. The molecule has 0 saturated heterocycles. The van der Waals surface area contributed by atoms with Crippen LogP contribution in [-0.2, 0) is 12.8 Å². The van der Waals surface area contributed by atoms with Gasteiger partial charge in [-0.3, -0.25) is 9.59 Å². The Morgan fingerprint density at radius 2 is 2.11 bits per heavy atom. The average Bonchev–Trinajstić information content (AvgIpc) is 3.05. The molecule has 0 fully saturated rings. The Bertz CT molecular complexity index is 1170. The van der Waals surface area contributed by atoms with Gasteiger partial charge in [-0.2, -0.15) is 10.4 Å². The summed E-state index contributed by atoms with van der Waals surface area (Å²) in [7, 11) is 0. The number of carbonyl (C=O) groups is 1. The van der Waals surface area contributed by atoms with Crippen LogP contribution in [0.2, 0.25) is 0 Å². The molecule has 0 saturated carbocycles. The number of amides is 1. The van der Waals surface area contributed by atoms with E-state index in [1.165, 1.54) is 22.1 Å². The standard InChI is InChI=1S/C21H18N4O2S/c1-13-5-4-6-14(11-13)25-10-9-17(26)19(24-25)20(27)23-21-16(12-22)15-7-2-3-8-18(15)28-21/h4-6,9-11H,2-3,7-8H2,1H3,(H,23,27). The van der Waals surface area contributed by atoms with Gasteiger partial charge in [0, 0.05) is 17.1 Å². The van der Waals surface area contributed by atoms with Crippen molar-refractivity contribution >= 4 is 22.2 Å². The largest absolute Gasteiger partial charge is 0.311 e. The summed E-state index contributed by atoms with van der Waals surface area (Å²) in [5, 5.41) is 17.0. The number of hydrogen-bond acceptors (Lipinski definition) is 5. The van der Waals surface area contributed by atoms with Crippen LogP contribution < -0.4 is 10.7 Å². The van der Waals surface area contributed by atoms with Crippen LogP contribution in [0.1, 0.15) is 44.9 Å². The number of carbonyl (C=O) groups excluding carboxylic acids is 1. The van der Waals surface area contributed by atoms with E-state index >= 15 is 0 Å². The quantitative estimate of drug-likeness (QED) is 0.740. The van der Waals surface area contributed by atoms with Gasteiger partial charge in [-0.1, -0.05) is 12.1 Å². The first-order valence-electron chi connectivity index (χ1n) is 9.10. The lowest BCUT2D eigenvalue weighted by Gasteiger charge is -2.09.